The van der Waals surface area contributed by atoms with Gasteiger partial charge in [-0.15, -0.1) is 5.10 Å². The molecule has 1 aliphatic rings. The summed E-state index contributed by atoms with van der Waals surface area (Å²) >= 11 is 0. The number of H-pyrrole nitrogens is 1. The summed E-state index contributed by atoms with van der Waals surface area (Å²) in [4.78, 5) is 0. The molecule has 1 fully saturated rings. The minimum absolute atomic E-state index is 0.273. The third-order valence-corrected chi connectivity index (χ3v) is 5.39. The molecule has 1 atom stereocenters. The van der Waals surface area contributed by atoms with E-state index in [1.165, 1.54) is 10.6 Å². The van der Waals surface area contributed by atoms with Gasteiger partial charge in [-0.2, -0.15) is 9.40 Å². The van der Waals surface area contributed by atoms with Crippen LogP contribution in [0.5, 0.6) is 0 Å². The highest BCUT2D eigenvalue weighted by molar-refractivity contribution is 7.88. The van der Waals surface area contributed by atoms with E-state index in [4.69, 9.17) is 9.15 Å². The normalized spacial score (nSPS) is 19.0. The Morgan fingerprint density at radius 1 is 1.31 bits per heavy atom. The van der Waals surface area contributed by atoms with Crippen molar-refractivity contribution >= 4 is 10.0 Å². The molecule has 0 aromatic carbocycles. The molecule has 10 nitrogen and oxygen atoms in total. The smallest absolute Gasteiger partial charge is 0.211 e. The summed E-state index contributed by atoms with van der Waals surface area (Å²) in [5, 5.41) is 14.9. The highest BCUT2D eigenvalue weighted by Gasteiger charge is 2.27. The summed E-state index contributed by atoms with van der Waals surface area (Å²) in [6, 6.07) is 5.45. The zero-order valence-corrected chi connectivity index (χ0v) is 14.9. The molecule has 138 valence electrons. The fraction of sp³-hybridized carbons (Fsp3) is 0.400. The lowest BCUT2D eigenvalue weighted by Crippen LogP contribution is -2.46. The first-order valence-electron chi connectivity index (χ1n) is 8.06. The second kappa shape index (κ2) is 6.67. The van der Waals surface area contributed by atoms with E-state index in [2.05, 4.69) is 20.5 Å². The first-order chi connectivity index (χ1) is 12.5. The largest absolute Gasteiger partial charge is 0.453 e. The maximum atomic E-state index is 11.7. The fourth-order valence-electron chi connectivity index (χ4n) is 2.83. The number of aromatic nitrogens is 5. The average molecular weight is 378 g/mol. The lowest BCUT2D eigenvalue weighted by molar-refractivity contribution is -0.0120. The predicted molar refractivity (Wildman–Crippen MR) is 91.5 cm³/mol. The van der Waals surface area contributed by atoms with Gasteiger partial charge in [0, 0.05) is 19.3 Å². The van der Waals surface area contributed by atoms with Crippen molar-refractivity contribution in [2.45, 2.75) is 12.6 Å². The van der Waals surface area contributed by atoms with E-state index in [9.17, 15) is 8.42 Å². The van der Waals surface area contributed by atoms with Crippen LogP contribution in [-0.4, -0.2) is 70.0 Å². The van der Waals surface area contributed by atoms with Crippen molar-refractivity contribution in [1.29, 1.82) is 0 Å². The van der Waals surface area contributed by atoms with E-state index in [1.54, 1.807) is 17.1 Å². The molecule has 1 aliphatic heterocycles. The third-order valence-electron chi connectivity index (χ3n) is 4.12. The van der Waals surface area contributed by atoms with E-state index in [0.717, 1.165) is 5.69 Å². The van der Waals surface area contributed by atoms with Gasteiger partial charge in [0.25, 0.3) is 0 Å². The molecule has 0 saturated carbocycles. The summed E-state index contributed by atoms with van der Waals surface area (Å²) in [6.07, 6.45) is 4.33. The Balaban J connectivity index is 1.45. The van der Waals surface area contributed by atoms with Gasteiger partial charge in [0.1, 0.15) is 11.4 Å². The van der Waals surface area contributed by atoms with Crippen molar-refractivity contribution in [2.24, 2.45) is 0 Å². The number of morpholine rings is 1. The Hall–Kier alpha value is -2.50. The van der Waals surface area contributed by atoms with Gasteiger partial charge in [-0.1, -0.05) is 5.21 Å². The van der Waals surface area contributed by atoms with Crippen molar-refractivity contribution in [2.75, 3.05) is 26.0 Å². The average Bonchev–Trinajstić information content (AvgIpc) is 3.35. The van der Waals surface area contributed by atoms with Crippen molar-refractivity contribution < 1.29 is 17.6 Å². The molecular weight excluding hydrogens is 360 g/mol. The van der Waals surface area contributed by atoms with Crippen LogP contribution in [0.25, 0.3) is 22.9 Å². The van der Waals surface area contributed by atoms with Gasteiger partial charge in [0.05, 0.1) is 31.7 Å². The minimum atomic E-state index is -3.22. The second-order valence-electron chi connectivity index (χ2n) is 6.07. The molecule has 0 bridgehead atoms. The molecule has 4 rings (SSSR count). The van der Waals surface area contributed by atoms with Crippen LogP contribution in [0.3, 0.4) is 0 Å². The number of furan rings is 1. The van der Waals surface area contributed by atoms with E-state index in [-0.39, 0.29) is 6.10 Å². The number of nitrogens with one attached hydrogen (secondary N) is 1. The van der Waals surface area contributed by atoms with Crippen LogP contribution >= 0.6 is 0 Å². The van der Waals surface area contributed by atoms with Gasteiger partial charge in [-0.25, -0.2) is 13.1 Å². The number of sulfonamides is 1. The topological polar surface area (TPSA) is 119 Å². The molecule has 0 radical (unpaired) electrons. The number of hydrogen-bond donors (Lipinski definition) is 1. The first kappa shape index (κ1) is 16.9. The van der Waals surface area contributed by atoms with Crippen LogP contribution in [0.4, 0.5) is 0 Å². The molecule has 0 aliphatic carbocycles. The van der Waals surface area contributed by atoms with Gasteiger partial charge in [0.15, 0.2) is 11.5 Å². The van der Waals surface area contributed by atoms with Gasteiger partial charge < -0.3 is 9.15 Å². The molecule has 4 heterocycles. The summed E-state index contributed by atoms with van der Waals surface area (Å²) in [5.41, 5.74) is 1.37. The molecule has 3 aromatic heterocycles. The molecule has 3 aromatic rings. The Labute approximate surface area is 149 Å². The Morgan fingerprint density at radius 3 is 2.92 bits per heavy atom. The van der Waals surface area contributed by atoms with Gasteiger partial charge in [0.2, 0.25) is 10.0 Å². The van der Waals surface area contributed by atoms with Gasteiger partial charge >= 0.3 is 0 Å². The first-order valence-corrected chi connectivity index (χ1v) is 9.91. The van der Waals surface area contributed by atoms with Gasteiger partial charge in [-0.3, -0.25) is 5.10 Å². The number of hydrogen-bond acceptors (Lipinski definition) is 7. The van der Waals surface area contributed by atoms with E-state index in [0.29, 0.717) is 43.5 Å². The zero-order valence-electron chi connectivity index (χ0n) is 14.1. The van der Waals surface area contributed by atoms with Crippen molar-refractivity contribution in [3.05, 3.63) is 30.6 Å². The lowest BCUT2D eigenvalue weighted by atomic mass is 10.3. The summed E-state index contributed by atoms with van der Waals surface area (Å²) in [7, 11) is -3.22. The quantitative estimate of drug-likeness (QED) is 0.690. The molecule has 0 spiro atoms. The van der Waals surface area contributed by atoms with Gasteiger partial charge in [-0.05, 0) is 18.2 Å². The van der Waals surface area contributed by atoms with E-state index >= 15 is 0 Å². The molecule has 0 amide bonds. The number of aromatic amines is 1. The molecule has 11 heteroatoms. The molecule has 0 unspecified atom stereocenters. The number of rotatable bonds is 5. The van der Waals surface area contributed by atoms with Crippen LogP contribution in [0.15, 0.2) is 35.0 Å². The second-order valence-corrected chi connectivity index (χ2v) is 8.06. The standard InChI is InChI=1S/C15H18N6O4S/c1-26(22,23)21-6-7-24-11(9-21)8-20-10-13(18-19-20)15-3-2-14(25-15)12-4-5-16-17-12/h2-5,10-11H,6-9H2,1H3,(H,16,17)/t11-/m0/s1. The number of ether oxygens (including phenoxy) is 1. The summed E-state index contributed by atoms with van der Waals surface area (Å²) in [5.74, 6) is 1.25. The highest BCUT2D eigenvalue weighted by atomic mass is 32.2. The number of nitrogens with zero attached hydrogens (tertiary/aromatic N) is 5. The van der Waals surface area contributed by atoms with Crippen LogP contribution in [0.2, 0.25) is 0 Å². The summed E-state index contributed by atoms with van der Waals surface area (Å²) in [6.45, 7) is 1.46. The maximum Gasteiger partial charge on any atom is 0.211 e. The highest BCUT2D eigenvalue weighted by Crippen LogP contribution is 2.25. The van der Waals surface area contributed by atoms with E-state index in [1.807, 2.05) is 18.2 Å². The maximum absolute atomic E-state index is 11.7. The Kier molecular flexibility index (Phi) is 4.34. The lowest BCUT2D eigenvalue weighted by Gasteiger charge is -2.30. The van der Waals surface area contributed by atoms with Crippen molar-refractivity contribution in [1.82, 2.24) is 29.5 Å². The molecule has 26 heavy (non-hydrogen) atoms. The van der Waals surface area contributed by atoms with Crippen LogP contribution in [0.1, 0.15) is 0 Å². The molecular formula is C15H18N6O4S. The third kappa shape index (κ3) is 3.54. The Bertz CT molecular complexity index is 978. The summed E-state index contributed by atoms with van der Waals surface area (Å²) < 4.78 is 37.8. The minimum Gasteiger partial charge on any atom is -0.453 e. The predicted octanol–water partition coefficient (Wildman–Crippen LogP) is 0.589. The monoisotopic (exact) mass is 378 g/mol. The zero-order chi connectivity index (χ0) is 18.1. The fourth-order valence-corrected chi connectivity index (χ4v) is 3.67. The Morgan fingerprint density at radius 2 is 2.15 bits per heavy atom. The van der Waals surface area contributed by atoms with Crippen LogP contribution < -0.4 is 0 Å². The van der Waals surface area contributed by atoms with Crippen molar-refractivity contribution in [3.63, 3.8) is 0 Å². The van der Waals surface area contributed by atoms with Crippen LogP contribution in [0, 0.1) is 0 Å². The van der Waals surface area contributed by atoms with Crippen molar-refractivity contribution in [3.8, 4) is 22.9 Å². The van der Waals surface area contributed by atoms with Crippen LogP contribution in [-0.2, 0) is 21.3 Å². The van der Waals surface area contributed by atoms with E-state index < -0.39 is 10.0 Å². The molecule has 1 saturated heterocycles. The SMILES string of the molecule is CS(=O)(=O)N1CCO[C@@H](Cn2cc(-c3ccc(-c4ccn[nH]4)o3)nn2)C1. The molecule has 1 N–H and O–H groups in total.